The van der Waals surface area contributed by atoms with Crippen molar-refractivity contribution in [3.05, 3.63) is 29.8 Å². The van der Waals surface area contributed by atoms with Crippen molar-refractivity contribution >= 4 is 15.7 Å². The molecule has 0 unspecified atom stereocenters. The Balaban J connectivity index is 2.94. The van der Waals surface area contributed by atoms with E-state index < -0.39 is 21.7 Å². The molecule has 0 saturated carbocycles. The molecule has 0 radical (unpaired) electrons. The van der Waals surface area contributed by atoms with E-state index in [4.69, 9.17) is 0 Å². The number of hydrogen-bond donors (Lipinski definition) is 1. The number of hydrogen-bond acceptors (Lipinski definition) is 2. The quantitative estimate of drug-likeness (QED) is 0.868. The zero-order valence-corrected chi connectivity index (χ0v) is 8.94. The van der Waals surface area contributed by atoms with Gasteiger partial charge in [-0.3, -0.25) is 4.72 Å². The summed E-state index contributed by atoms with van der Waals surface area (Å²) in [6, 6.07) is 2.61. The number of rotatable bonds is 4. The smallest absolute Gasteiger partial charge is 0.232 e. The van der Waals surface area contributed by atoms with Gasteiger partial charge in [-0.15, -0.1) is 0 Å². The van der Waals surface area contributed by atoms with Crippen LogP contribution < -0.4 is 4.72 Å². The van der Waals surface area contributed by atoms with Crippen LogP contribution in [0.5, 0.6) is 0 Å². The fourth-order valence-electron chi connectivity index (χ4n) is 1.06. The summed E-state index contributed by atoms with van der Waals surface area (Å²) in [7, 11) is -3.58. The molecule has 15 heavy (non-hydrogen) atoms. The van der Waals surface area contributed by atoms with Crippen LogP contribution in [-0.4, -0.2) is 14.2 Å². The second kappa shape index (κ2) is 4.57. The molecule has 6 heteroatoms. The summed E-state index contributed by atoms with van der Waals surface area (Å²) in [4.78, 5) is 0. The minimum atomic E-state index is -3.58. The van der Waals surface area contributed by atoms with Gasteiger partial charge in [-0.25, -0.2) is 17.2 Å². The highest BCUT2D eigenvalue weighted by Crippen LogP contribution is 2.16. The van der Waals surface area contributed by atoms with E-state index in [1.54, 1.807) is 6.92 Å². The normalized spacial score (nSPS) is 11.4. The summed E-state index contributed by atoms with van der Waals surface area (Å²) in [6.45, 7) is 1.68. The van der Waals surface area contributed by atoms with E-state index in [0.29, 0.717) is 6.42 Å². The van der Waals surface area contributed by atoms with Gasteiger partial charge in [-0.05, 0) is 18.6 Å². The lowest BCUT2D eigenvalue weighted by Crippen LogP contribution is -2.17. The van der Waals surface area contributed by atoms with Crippen LogP contribution in [0.4, 0.5) is 14.5 Å². The van der Waals surface area contributed by atoms with Gasteiger partial charge in [0.1, 0.15) is 11.6 Å². The lowest BCUT2D eigenvalue weighted by atomic mass is 10.3. The number of nitrogens with one attached hydrogen (secondary N) is 1. The average Bonchev–Trinajstić information content (AvgIpc) is 2.10. The van der Waals surface area contributed by atoms with Crippen molar-refractivity contribution in [1.29, 1.82) is 0 Å². The Morgan fingerprint density at radius 3 is 2.60 bits per heavy atom. The molecular formula is C9H11F2NO2S. The van der Waals surface area contributed by atoms with Gasteiger partial charge in [0.15, 0.2) is 0 Å². The number of benzene rings is 1. The van der Waals surface area contributed by atoms with E-state index in [-0.39, 0.29) is 11.4 Å². The molecule has 0 spiro atoms. The van der Waals surface area contributed by atoms with Gasteiger partial charge in [-0.1, -0.05) is 6.92 Å². The van der Waals surface area contributed by atoms with Crippen LogP contribution in [0.1, 0.15) is 13.3 Å². The molecular weight excluding hydrogens is 224 g/mol. The van der Waals surface area contributed by atoms with E-state index >= 15 is 0 Å². The van der Waals surface area contributed by atoms with E-state index in [9.17, 15) is 17.2 Å². The van der Waals surface area contributed by atoms with E-state index in [0.717, 1.165) is 18.2 Å². The van der Waals surface area contributed by atoms with Crippen LogP contribution in [0.15, 0.2) is 18.2 Å². The second-order valence-corrected chi connectivity index (χ2v) is 4.89. The monoisotopic (exact) mass is 235 g/mol. The Kier molecular flexibility index (Phi) is 3.62. The fourth-order valence-corrected chi connectivity index (χ4v) is 2.19. The van der Waals surface area contributed by atoms with Crippen LogP contribution in [0.25, 0.3) is 0 Å². The summed E-state index contributed by atoms with van der Waals surface area (Å²) in [5.74, 6) is -1.61. The molecule has 1 aromatic carbocycles. The lowest BCUT2D eigenvalue weighted by molar-refractivity contribution is 0.593. The molecule has 0 amide bonds. The number of halogens is 2. The zero-order chi connectivity index (χ0) is 11.5. The van der Waals surface area contributed by atoms with Crippen molar-refractivity contribution in [2.75, 3.05) is 10.5 Å². The van der Waals surface area contributed by atoms with Crippen molar-refractivity contribution in [2.24, 2.45) is 0 Å². The van der Waals surface area contributed by atoms with Gasteiger partial charge < -0.3 is 0 Å². The van der Waals surface area contributed by atoms with Crippen LogP contribution in [0.2, 0.25) is 0 Å². The number of anilines is 1. The molecule has 0 aliphatic heterocycles. The highest BCUT2D eigenvalue weighted by Gasteiger charge is 2.12. The Hall–Kier alpha value is -1.17. The first-order valence-electron chi connectivity index (χ1n) is 4.40. The summed E-state index contributed by atoms with van der Waals surface area (Å²) in [6.07, 6.45) is 0.409. The predicted octanol–water partition coefficient (Wildman–Crippen LogP) is 2.12. The molecule has 0 saturated heterocycles. The van der Waals surface area contributed by atoms with Crippen LogP contribution >= 0.6 is 0 Å². The van der Waals surface area contributed by atoms with Crippen molar-refractivity contribution in [3.8, 4) is 0 Å². The first kappa shape index (κ1) is 11.9. The molecule has 1 N–H and O–H groups in total. The third-order valence-electron chi connectivity index (χ3n) is 1.67. The summed E-state index contributed by atoms with van der Waals surface area (Å²) < 4.78 is 50.3. The molecule has 0 atom stereocenters. The molecule has 0 fully saturated rings. The van der Waals surface area contributed by atoms with E-state index in [1.807, 2.05) is 4.72 Å². The largest absolute Gasteiger partial charge is 0.280 e. The van der Waals surface area contributed by atoms with Crippen LogP contribution in [0, 0.1) is 11.6 Å². The highest BCUT2D eigenvalue weighted by molar-refractivity contribution is 7.92. The molecule has 0 bridgehead atoms. The Morgan fingerprint density at radius 1 is 1.33 bits per heavy atom. The fraction of sp³-hybridized carbons (Fsp3) is 0.333. The first-order chi connectivity index (χ1) is 6.94. The van der Waals surface area contributed by atoms with E-state index in [1.165, 1.54) is 0 Å². The molecule has 3 nitrogen and oxygen atoms in total. The van der Waals surface area contributed by atoms with Gasteiger partial charge in [0.2, 0.25) is 10.0 Å². The Morgan fingerprint density at radius 2 is 2.00 bits per heavy atom. The molecule has 0 aromatic heterocycles. The minimum absolute atomic E-state index is 0.122. The van der Waals surface area contributed by atoms with Crippen molar-refractivity contribution in [2.45, 2.75) is 13.3 Å². The lowest BCUT2D eigenvalue weighted by Gasteiger charge is -2.07. The van der Waals surface area contributed by atoms with Gasteiger partial charge in [0.05, 0.1) is 11.4 Å². The molecule has 0 aliphatic rings. The summed E-state index contributed by atoms with van der Waals surface area (Å²) >= 11 is 0. The average molecular weight is 235 g/mol. The zero-order valence-electron chi connectivity index (χ0n) is 8.13. The molecule has 0 aliphatic carbocycles. The van der Waals surface area contributed by atoms with Crippen molar-refractivity contribution < 1.29 is 17.2 Å². The third kappa shape index (κ3) is 3.47. The maximum Gasteiger partial charge on any atom is 0.232 e. The van der Waals surface area contributed by atoms with E-state index in [2.05, 4.69) is 0 Å². The summed E-state index contributed by atoms with van der Waals surface area (Å²) in [5, 5.41) is 0. The Labute approximate surface area is 87.2 Å². The summed E-state index contributed by atoms with van der Waals surface area (Å²) in [5.41, 5.74) is -0.358. The van der Waals surface area contributed by atoms with Crippen molar-refractivity contribution in [3.63, 3.8) is 0 Å². The van der Waals surface area contributed by atoms with Gasteiger partial charge >= 0.3 is 0 Å². The third-order valence-corrected chi connectivity index (χ3v) is 3.14. The second-order valence-electron chi connectivity index (χ2n) is 3.05. The number of sulfonamides is 1. The molecule has 0 heterocycles. The van der Waals surface area contributed by atoms with Crippen LogP contribution in [0.3, 0.4) is 0 Å². The van der Waals surface area contributed by atoms with Crippen molar-refractivity contribution in [1.82, 2.24) is 0 Å². The topological polar surface area (TPSA) is 46.2 Å². The Bertz CT molecular complexity index is 445. The standard InChI is InChI=1S/C9H11F2NO2S/c1-2-5-15(13,14)12-9-6-7(10)3-4-8(9)11/h3-4,6,12H,2,5H2,1H3. The van der Waals surface area contributed by atoms with Gasteiger partial charge in [0.25, 0.3) is 0 Å². The van der Waals surface area contributed by atoms with Gasteiger partial charge in [-0.2, -0.15) is 0 Å². The first-order valence-corrected chi connectivity index (χ1v) is 6.05. The predicted molar refractivity (Wildman–Crippen MR) is 54.1 cm³/mol. The SMILES string of the molecule is CCCS(=O)(=O)Nc1cc(F)ccc1F. The molecule has 1 rings (SSSR count). The van der Waals surface area contributed by atoms with Crippen LogP contribution in [-0.2, 0) is 10.0 Å². The maximum atomic E-state index is 13.0. The maximum absolute atomic E-state index is 13.0. The molecule has 84 valence electrons. The minimum Gasteiger partial charge on any atom is -0.280 e. The highest BCUT2D eigenvalue weighted by atomic mass is 32.2. The molecule has 1 aromatic rings. The van der Waals surface area contributed by atoms with Gasteiger partial charge in [0, 0.05) is 6.07 Å².